The first-order valence-electron chi connectivity index (χ1n) is 16.0. The largest absolute Gasteiger partial charge is 0.463 e. The van der Waals surface area contributed by atoms with Gasteiger partial charge in [0.1, 0.15) is 18.2 Å². The molecular formula is C35H49N3O7. The molecule has 246 valence electrons. The minimum absolute atomic E-state index is 0.0804. The van der Waals surface area contributed by atoms with Crippen molar-refractivity contribution < 1.29 is 33.8 Å². The van der Waals surface area contributed by atoms with E-state index in [-0.39, 0.29) is 43.9 Å². The number of nitrogens with one attached hydrogen (secondary N) is 1. The number of aliphatic hydroxyl groups is 1. The highest BCUT2D eigenvalue weighted by Crippen LogP contribution is 2.59. The predicted octanol–water partition coefficient (Wildman–Crippen LogP) is 3.56. The maximum absolute atomic E-state index is 14.5. The lowest BCUT2D eigenvalue weighted by atomic mass is 9.70. The van der Waals surface area contributed by atoms with Gasteiger partial charge in [-0.05, 0) is 51.5 Å². The molecule has 3 heterocycles. The van der Waals surface area contributed by atoms with E-state index < -0.39 is 59.1 Å². The van der Waals surface area contributed by atoms with Crippen LogP contribution in [0, 0.1) is 17.8 Å². The summed E-state index contributed by atoms with van der Waals surface area (Å²) in [5.74, 6) is -3.36. The average molecular weight is 624 g/mol. The second-order valence-corrected chi connectivity index (χ2v) is 13.7. The Hall–Kier alpha value is -3.50. The number of esters is 1. The van der Waals surface area contributed by atoms with Gasteiger partial charge < -0.3 is 29.7 Å². The van der Waals surface area contributed by atoms with Crippen LogP contribution < -0.4 is 5.32 Å². The number of carbonyl (C=O) groups excluding carboxylic acids is 4. The van der Waals surface area contributed by atoms with Gasteiger partial charge in [-0.2, -0.15) is 0 Å². The first-order valence-corrected chi connectivity index (χ1v) is 16.0. The summed E-state index contributed by atoms with van der Waals surface area (Å²) in [7, 11) is 0. The Morgan fingerprint density at radius 2 is 1.89 bits per heavy atom. The second kappa shape index (κ2) is 13.9. The third-order valence-electron chi connectivity index (χ3n) is 9.46. The number of carbonyl (C=O) groups is 4. The van der Waals surface area contributed by atoms with E-state index in [1.807, 2.05) is 65.0 Å². The number of likely N-dealkylation sites (tertiary alicyclic amines) is 1. The van der Waals surface area contributed by atoms with Gasteiger partial charge in [-0.15, -0.1) is 13.2 Å². The van der Waals surface area contributed by atoms with Gasteiger partial charge in [-0.25, -0.2) is 0 Å². The van der Waals surface area contributed by atoms with E-state index in [1.165, 1.54) is 4.90 Å². The van der Waals surface area contributed by atoms with Crippen LogP contribution in [-0.2, 0) is 28.7 Å². The number of hydrogen-bond donors (Lipinski definition) is 2. The van der Waals surface area contributed by atoms with Crippen molar-refractivity contribution in [2.24, 2.45) is 17.8 Å². The zero-order valence-corrected chi connectivity index (χ0v) is 27.2. The van der Waals surface area contributed by atoms with E-state index >= 15 is 0 Å². The fourth-order valence-electron chi connectivity index (χ4n) is 7.26. The van der Waals surface area contributed by atoms with Gasteiger partial charge in [0.2, 0.25) is 17.7 Å². The number of allylic oxidation sites excluding steroid dienone is 1. The average Bonchev–Trinajstić information content (AvgIpc) is 3.64. The lowest BCUT2D eigenvalue weighted by molar-refractivity contribution is -0.155. The zero-order valence-electron chi connectivity index (χ0n) is 27.2. The summed E-state index contributed by atoms with van der Waals surface area (Å²) < 4.78 is 12.1. The normalized spacial score (nSPS) is 26.7. The highest BCUT2D eigenvalue weighted by Gasteiger charge is 2.75. The molecule has 0 unspecified atom stereocenters. The molecule has 2 N–H and O–H groups in total. The molecule has 10 nitrogen and oxygen atoms in total. The van der Waals surface area contributed by atoms with Gasteiger partial charge >= 0.3 is 5.97 Å². The molecule has 1 aromatic rings. The summed E-state index contributed by atoms with van der Waals surface area (Å²) in [5, 5.41) is 13.5. The first-order chi connectivity index (χ1) is 21.3. The molecule has 0 aliphatic carbocycles. The molecule has 0 radical (unpaired) electrons. The summed E-state index contributed by atoms with van der Waals surface area (Å²) >= 11 is 0. The van der Waals surface area contributed by atoms with E-state index in [1.54, 1.807) is 17.1 Å². The van der Waals surface area contributed by atoms with E-state index in [2.05, 4.69) is 18.5 Å². The number of ether oxygens (including phenoxy) is 2. The zero-order chi connectivity index (χ0) is 33.1. The molecule has 7 atom stereocenters. The number of hydrogen-bond acceptors (Lipinski definition) is 7. The highest BCUT2D eigenvalue weighted by molar-refractivity contribution is 5.99. The van der Waals surface area contributed by atoms with Crippen LogP contribution in [0.5, 0.6) is 0 Å². The molecule has 0 saturated carbocycles. The third kappa shape index (κ3) is 6.58. The van der Waals surface area contributed by atoms with Crippen molar-refractivity contribution in [1.29, 1.82) is 0 Å². The lowest BCUT2D eigenvalue weighted by Gasteiger charge is -2.44. The molecule has 4 rings (SSSR count). The number of aliphatic hydroxyl groups excluding tert-OH is 1. The molecule has 3 amide bonds. The predicted molar refractivity (Wildman–Crippen MR) is 170 cm³/mol. The van der Waals surface area contributed by atoms with Crippen LogP contribution in [0.2, 0.25) is 0 Å². The van der Waals surface area contributed by atoms with Gasteiger partial charge in [0, 0.05) is 18.5 Å². The van der Waals surface area contributed by atoms with Gasteiger partial charge in [-0.3, -0.25) is 19.2 Å². The van der Waals surface area contributed by atoms with E-state index in [0.29, 0.717) is 19.3 Å². The molecule has 2 bridgehead atoms. The minimum atomic E-state index is -1.22. The number of fused-ring (bicyclic) bond motifs is 1. The SMILES string of the molecule is C=CCCC(=O)OC[C@H](NC(=O)[C@@H]1[C@H]2C(=O)N([C@@H](CO)C(C)C)[C@H](C(=O)N(CC=C)C(C)(C)C)[C@]23CC[C@H]1O3)c1ccccc1. The van der Waals surface area contributed by atoms with Gasteiger partial charge in [0.15, 0.2) is 0 Å². The van der Waals surface area contributed by atoms with Crippen LogP contribution in [0.4, 0.5) is 0 Å². The lowest BCUT2D eigenvalue weighted by Crippen LogP contribution is -2.62. The Morgan fingerprint density at radius 3 is 2.47 bits per heavy atom. The molecule has 1 spiro atoms. The van der Waals surface area contributed by atoms with Crippen molar-refractivity contribution in [3.8, 4) is 0 Å². The van der Waals surface area contributed by atoms with Gasteiger partial charge in [-0.1, -0.05) is 56.3 Å². The van der Waals surface area contributed by atoms with Crippen molar-refractivity contribution in [2.45, 2.75) is 95.7 Å². The van der Waals surface area contributed by atoms with Crippen LogP contribution in [0.3, 0.4) is 0 Å². The van der Waals surface area contributed by atoms with Crippen molar-refractivity contribution >= 4 is 23.7 Å². The fourth-order valence-corrected chi connectivity index (χ4v) is 7.26. The minimum Gasteiger partial charge on any atom is -0.463 e. The molecular weight excluding hydrogens is 574 g/mol. The standard InChI is InChI=1S/C35H49N3O7/c1-8-10-16-27(40)44-21-24(23-14-12-11-13-15-23)36-31(41)28-26-17-18-35(45-26)29(28)32(42)38(25(20-39)22(3)4)30(35)33(43)37(19-9-2)34(5,6)7/h8-9,11-15,22,24-26,28-30,39H,1-2,10,16-21H2,3-7H3,(H,36,41)/t24-,25-,26+,28-,29-,30+,35-/m0/s1. The van der Waals surface area contributed by atoms with Crippen LogP contribution in [0.25, 0.3) is 0 Å². The van der Waals surface area contributed by atoms with Crippen LogP contribution in [0.1, 0.15) is 71.9 Å². The molecule has 0 aromatic heterocycles. The van der Waals surface area contributed by atoms with Crippen LogP contribution in [0.15, 0.2) is 55.6 Å². The van der Waals surface area contributed by atoms with Crippen molar-refractivity contribution in [3.63, 3.8) is 0 Å². The van der Waals surface area contributed by atoms with Crippen molar-refractivity contribution in [2.75, 3.05) is 19.8 Å². The van der Waals surface area contributed by atoms with E-state index in [4.69, 9.17) is 9.47 Å². The Morgan fingerprint density at radius 1 is 1.20 bits per heavy atom. The Kier molecular flexibility index (Phi) is 10.6. The molecule has 45 heavy (non-hydrogen) atoms. The maximum Gasteiger partial charge on any atom is 0.306 e. The van der Waals surface area contributed by atoms with Crippen LogP contribution >= 0.6 is 0 Å². The number of rotatable bonds is 14. The van der Waals surface area contributed by atoms with Crippen molar-refractivity contribution in [1.82, 2.24) is 15.1 Å². The number of benzene rings is 1. The summed E-state index contributed by atoms with van der Waals surface area (Å²) in [6.07, 6.45) is 4.35. The van der Waals surface area contributed by atoms with Gasteiger partial charge in [0.05, 0.1) is 36.6 Å². The summed E-state index contributed by atoms with van der Waals surface area (Å²) in [6.45, 7) is 16.9. The van der Waals surface area contributed by atoms with E-state index in [0.717, 1.165) is 5.56 Å². The number of amides is 3. The number of nitrogens with zero attached hydrogens (tertiary/aromatic N) is 2. The molecule has 3 aliphatic rings. The first kappa shape index (κ1) is 34.4. The molecule has 3 saturated heterocycles. The second-order valence-electron chi connectivity index (χ2n) is 13.7. The molecule has 10 heteroatoms. The van der Waals surface area contributed by atoms with Crippen molar-refractivity contribution in [3.05, 3.63) is 61.2 Å². The fraction of sp³-hybridized carbons (Fsp3) is 0.600. The molecule has 3 fully saturated rings. The quantitative estimate of drug-likeness (QED) is 0.240. The highest BCUT2D eigenvalue weighted by atomic mass is 16.5. The van der Waals surface area contributed by atoms with E-state index in [9.17, 15) is 24.3 Å². The third-order valence-corrected chi connectivity index (χ3v) is 9.46. The smallest absolute Gasteiger partial charge is 0.306 e. The Balaban J connectivity index is 1.69. The topological polar surface area (TPSA) is 125 Å². The Labute approximate surface area is 266 Å². The molecule has 1 aromatic carbocycles. The van der Waals surface area contributed by atoms with Gasteiger partial charge in [0.25, 0.3) is 0 Å². The summed E-state index contributed by atoms with van der Waals surface area (Å²) in [5.41, 5.74) is -1.05. The maximum atomic E-state index is 14.5. The monoisotopic (exact) mass is 623 g/mol. The summed E-state index contributed by atoms with van der Waals surface area (Å²) in [6, 6.07) is 6.90. The summed E-state index contributed by atoms with van der Waals surface area (Å²) in [4.78, 5) is 58.7. The Bertz CT molecular complexity index is 1280. The molecule has 3 aliphatic heterocycles. The van der Waals surface area contributed by atoms with Crippen LogP contribution in [-0.4, -0.2) is 87.7 Å².